The third-order valence-electron chi connectivity index (χ3n) is 3.84. The second-order valence-electron chi connectivity index (χ2n) is 5.67. The largest absolute Gasteiger partial charge is 0.416 e. The van der Waals surface area contributed by atoms with Gasteiger partial charge in [0.1, 0.15) is 5.69 Å². The number of aromatic nitrogens is 4. The van der Waals surface area contributed by atoms with Gasteiger partial charge in [-0.25, -0.2) is 0 Å². The minimum Gasteiger partial charge on any atom is -0.332 e. The lowest BCUT2D eigenvalue weighted by Gasteiger charge is -2.05. The first-order chi connectivity index (χ1) is 12.9. The molecule has 2 heterocycles. The van der Waals surface area contributed by atoms with Gasteiger partial charge in [-0.3, -0.25) is 5.10 Å². The first-order valence-electron chi connectivity index (χ1n) is 7.73. The van der Waals surface area contributed by atoms with E-state index in [9.17, 15) is 13.2 Å². The van der Waals surface area contributed by atoms with Crippen LogP contribution in [0, 0.1) is 0 Å². The molecule has 0 unspecified atom stereocenters. The number of nitrogens with zero attached hydrogens (tertiary/aromatic N) is 3. The summed E-state index contributed by atoms with van der Waals surface area (Å²) >= 11 is 5.87. The molecule has 0 fully saturated rings. The van der Waals surface area contributed by atoms with Gasteiger partial charge >= 0.3 is 6.18 Å². The van der Waals surface area contributed by atoms with E-state index in [1.807, 2.05) is 12.1 Å². The predicted molar refractivity (Wildman–Crippen MR) is 92.8 cm³/mol. The number of aromatic amines is 1. The number of rotatable bonds is 3. The molecule has 0 amide bonds. The van der Waals surface area contributed by atoms with Crippen molar-refractivity contribution in [3.8, 4) is 34.2 Å². The second-order valence-corrected chi connectivity index (χ2v) is 6.11. The van der Waals surface area contributed by atoms with E-state index in [1.54, 1.807) is 18.2 Å². The van der Waals surface area contributed by atoms with E-state index in [-0.39, 0.29) is 11.7 Å². The standard InChI is InChI=1S/C18H10ClF3N4O/c19-13-7-3-10(4-8-13)14-9-15(25-24-14)17-23-16(26-27-17)11-1-5-12(6-2-11)18(20,21)22/h1-9H,(H,24,25). The van der Waals surface area contributed by atoms with Gasteiger partial charge in [-0.1, -0.05) is 41.0 Å². The van der Waals surface area contributed by atoms with E-state index in [4.69, 9.17) is 16.1 Å². The summed E-state index contributed by atoms with van der Waals surface area (Å²) in [7, 11) is 0. The number of alkyl halides is 3. The summed E-state index contributed by atoms with van der Waals surface area (Å²) in [6.07, 6.45) is -4.39. The maximum absolute atomic E-state index is 12.6. The van der Waals surface area contributed by atoms with Crippen molar-refractivity contribution in [1.29, 1.82) is 0 Å². The minimum atomic E-state index is -4.39. The van der Waals surface area contributed by atoms with Crippen LogP contribution in [-0.4, -0.2) is 20.3 Å². The zero-order chi connectivity index (χ0) is 19.0. The lowest BCUT2D eigenvalue weighted by atomic mass is 10.1. The predicted octanol–water partition coefficient (Wildman–Crippen LogP) is 5.47. The van der Waals surface area contributed by atoms with Crippen LogP contribution in [0.1, 0.15) is 5.56 Å². The Bertz CT molecular complexity index is 1070. The molecular formula is C18H10ClF3N4O. The van der Waals surface area contributed by atoms with Crippen molar-refractivity contribution in [2.75, 3.05) is 0 Å². The molecule has 0 spiro atoms. The zero-order valence-corrected chi connectivity index (χ0v) is 14.2. The van der Waals surface area contributed by atoms with Crippen molar-refractivity contribution < 1.29 is 17.7 Å². The van der Waals surface area contributed by atoms with Crippen LogP contribution in [0.5, 0.6) is 0 Å². The summed E-state index contributed by atoms with van der Waals surface area (Å²) in [5.41, 5.74) is 1.68. The van der Waals surface area contributed by atoms with E-state index in [2.05, 4.69) is 20.3 Å². The molecule has 4 rings (SSSR count). The molecule has 0 radical (unpaired) electrons. The summed E-state index contributed by atoms with van der Waals surface area (Å²) in [5, 5.41) is 11.4. The number of H-pyrrole nitrogens is 1. The monoisotopic (exact) mass is 390 g/mol. The third kappa shape index (κ3) is 3.56. The Kier molecular flexibility index (Phi) is 4.19. The van der Waals surface area contributed by atoms with E-state index in [0.29, 0.717) is 22.0 Å². The fourth-order valence-corrected chi connectivity index (χ4v) is 2.58. The average Bonchev–Trinajstić information content (AvgIpc) is 3.31. The third-order valence-corrected chi connectivity index (χ3v) is 4.10. The molecule has 0 atom stereocenters. The highest BCUT2D eigenvalue weighted by atomic mass is 35.5. The lowest BCUT2D eigenvalue weighted by Crippen LogP contribution is -2.04. The molecule has 9 heteroatoms. The van der Waals surface area contributed by atoms with Crippen molar-refractivity contribution in [2.24, 2.45) is 0 Å². The van der Waals surface area contributed by atoms with Gasteiger partial charge in [0.25, 0.3) is 5.89 Å². The molecular weight excluding hydrogens is 381 g/mol. The molecule has 0 aliphatic carbocycles. The lowest BCUT2D eigenvalue weighted by molar-refractivity contribution is -0.137. The summed E-state index contributed by atoms with van der Waals surface area (Å²) in [6, 6.07) is 13.4. The highest BCUT2D eigenvalue weighted by Gasteiger charge is 2.30. The van der Waals surface area contributed by atoms with Crippen molar-refractivity contribution >= 4 is 11.6 Å². The van der Waals surface area contributed by atoms with Crippen LogP contribution in [0.15, 0.2) is 59.1 Å². The number of hydrogen-bond acceptors (Lipinski definition) is 4. The van der Waals surface area contributed by atoms with E-state index < -0.39 is 11.7 Å². The molecule has 0 saturated heterocycles. The molecule has 0 aliphatic heterocycles. The molecule has 0 bridgehead atoms. The van der Waals surface area contributed by atoms with Crippen molar-refractivity contribution in [3.63, 3.8) is 0 Å². The normalized spacial score (nSPS) is 11.7. The molecule has 136 valence electrons. The Labute approximate surface area is 155 Å². The van der Waals surface area contributed by atoms with Gasteiger partial charge in [-0.2, -0.15) is 23.3 Å². The Morgan fingerprint density at radius 3 is 2.26 bits per heavy atom. The van der Waals surface area contributed by atoms with Crippen LogP contribution in [0.2, 0.25) is 5.02 Å². The van der Waals surface area contributed by atoms with Gasteiger partial charge in [0.15, 0.2) is 0 Å². The summed E-state index contributed by atoms with van der Waals surface area (Å²) in [6.45, 7) is 0. The van der Waals surface area contributed by atoms with Crippen LogP contribution in [0.4, 0.5) is 13.2 Å². The Morgan fingerprint density at radius 2 is 1.59 bits per heavy atom. The number of hydrogen-bond donors (Lipinski definition) is 1. The highest BCUT2D eigenvalue weighted by Crippen LogP contribution is 2.31. The van der Waals surface area contributed by atoms with Gasteiger partial charge in [-0.15, -0.1) is 0 Å². The fourth-order valence-electron chi connectivity index (χ4n) is 2.46. The highest BCUT2D eigenvalue weighted by molar-refractivity contribution is 6.30. The van der Waals surface area contributed by atoms with Crippen LogP contribution >= 0.6 is 11.6 Å². The topological polar surface area (TPSA) is 67.6 Å². The molecule has 27 heavy (non-hydrogen) atoms. The molecule has 2 aromatic heterocycles. The zero-order valence-electron chi connectivity index (χ0n) is 13.5. The summed E-state index contributed by atoms with van der Waals surface area (Å²) in [5.74, 6) is 0.360. The second kappa shape index (κ2) is 6.55. The van der Waals surface area contributed by atoms with Crippen LogP contribution in [-0.2, 0) is 6.18 Å². The SMILES string of the molecule is FC(F)(F)c1ccc(-c2noc(-c3cc(-c4ccc(Cl)cc4)n[nH]3)n2)cc1. The molecule has 4 aromatic rings. The van der Waals surface area contributed by atoms with E-state index in [1.165, 1.54) is 12.1 Å². The minimum absolute atomic E-state index is 0.178. The summed E-state index contributed by atoms with van der Waals surface area (Å²) in [4.78, 5) is 4.21. The first kappa shape index (κ1) is 17.3. The molecule has 0 aliphatic rings. The van der Waals surface area contributed by atoms with E-state index in [0.717, 1.165) is 17.7 Å². The number of nitrogens with one attached hydrogen (secondary N) is 1. The van der Waals surface area contributed by atoms with Crippen molar-refractivity contribution in [1.82, 2.24) is 20.3 Å². The first-order valence-corrected chi connectivity index (χ1v) is 8.11. The van der Waals surface area contributed by atoms with Gasteiger partial charge in [0.2, 0.25) is 5.82 Å². The Balaban J connectivity index is 1.59. The number of halogens is 4. The van der Waals surface area contributed by atoms with Crippen LogP contribution in [0.3, 0.4) is 0 Å². The molecule has 2 aromatic carbocycles. The average molecular weight is 391 g/mol. The van der Waals surface area contributed by atoms with Gasteiger partial charge in [0.05, 0.1) is 11.3 Å². The summed E-state index contributed by atoms with van der Waals surface area (Å²) < 4.78 is 43.1. The van der Waals surface area contributed by atoms with Crippen molar-refractivity contribution in [3.05, 3.63) is 65.2 Å². The fraction of sp³-hybridized carbons (Fsp3) is 0.0556. The van der Waals surface area contributed by atoms with Crippen molar-refractivity contribution in [2.45, 2.75) is 6.18 Å². The Morgan fingerprint density at radius 1 is 0.926 bits per heavy atom. The molecule has 0 saturated carbocycles. The maximum Gasteiger partial charge on any atom is 0.416 e. The van der Waals surface area contributed by atoms with Crippen LogP contribution in [0.25, 0.3) is 34.2 Å². The quantitative estimate of drug-likeness (QED) is 0.504. The van der Waals surface area contributed by atoms with E-state index >= 15 is 0 Å². The smallest absolute Gasteiger partial charge is 0.332 e. The Hall–Kier alpha value is -3.13. The van der Waals surface area contributed by atoms with Gasteiger partial charge < -0.3 is 4.52 Å². The molecule has 1 N–H and O–H groups in total. The van der Waals surface area contributed by atoms with Gasteiger partial charge in [-0.05, 0) is 30.3 Å². The van der Waals surface area contributed by atoms with Gasteiger partial charge in [0, 0.05) is 16.1 Å². The van der Waals surface area contributed by atoms with Crippen LogP contribution < -0.4 is 0 Å². The number of benzene rings is 2. The maximum atomic E-state index is 12.6. The molecule has 5 nitrogen and oxygen atoms in total.